The average molecular weight is 189 g/mol. The molecule has 0 N–H and O–H groups in total. The van der Waals surface area contributed by atoms with Crippen molar-refractivity contribution in [2.45, 2.75) is 0 Å². The quantitative estimate of drug-likeness (QED) is 0.583. The molecule has 2 aliphatic heterocycles. The van der Waals surface area contributed by atoms with Gasteiger partial charge in [-0.1, -0.05) is 6.08 Å². The molecule has 14 heavy (non-hydrogen) atoms. The smallest absolute Gasteiger partial charge is 0.335 e. The molecule has 72 valence electrons. The Labute approximate surface area is 82.7 Å². The fourth-order valence-corrected chi connectivity index (χ4v) is 1.47. The van der Waals surface area contributed by atoms with Crippen molar-refractivity contribution in [2.75, 3.05) is 13.7 Å². The van der Waals surface area contributed by atoms with Crippen LogP contribution in [-0.2, 0) is 9.53 Å². The molecule has 0 bridgehead atoms. The standard InChI is InChI=1S/C11H11NO2/c1-14-11(13)9-5-6-10-4-2-3-7-12(10)8-9/h2-7H,8H2,1H3. The van der Waals surface area contributed by atoms with Gasteiger partial charge in [-0.3, -0.25) is 0 Å². The van der Waals surface area contributed by atoms with Crippen LogP contribution in [-0.4, -0.2) is 24.5 Å². The van der Waals surface area contributed by atoms with Crippen LogP contribution in [0, 0.1) is 0 Å². The zero-order valence-corrected chi connectivity index (χ0v) is 7.93. The van der Waals surface area contributed by atoms with E-state index in [-0.39, 0.29) is 5.97 Å². The minimum atomic E-state index is -0.261. The third kappa shape index (κ3) is 1.48. The van der Waals surface area contributed by atoms with Crippen LogP contribution < -0.4 is 0 Å². The second-order valence-electron chi connectivity index (χ2n) is 3.10. The van der Waals surface area contributed by atoms with Crippen molar-refractivity contribution in [2.24, 2.45) is 0 Å². The second-order valence-corrected chi connectivity index (χ2v) is 3.10. The molecular weight excluding hydrogens is 178 g/mol. The van der Waals surface area contributed by atoms with Gasteiger partial charge in [0.2, 0.25) is 0 Å². The molecule has 0 unspecified atom stereocenters. The molecule has 0 aromatic rings. The normalized spacial score (nSPS) is 18.5. The zero-order chi connectivity index (χ0) is 9.97. The maximum Gasteiger partial charge on any atom is 0.335 e. The monoisotopic (exact) mass is 189 g/mol. The molecule has 2 heterocycles. The average Bonchev–Trinajstić information content (AvgIpc) is 2.27. The minimum absolute atomic E-state index is 0.261. The Morgan fingerprint density at radius 3 is 3.07 bits per heavy atom. The summed E-state index contributed by atoms with van der Waals surface area (Å²) >= 11 is 0. The van der Waals surface area contributed by atoms with Crippen molar-refractivity contribution in [1.29, 1.82) is 0 Å². The minimum Gasteiger partial charge on any atom is -0.466 e. The van der Waals surface area contributed by atoms with Gasteiger partial charge < -0.3 is 9.64 Å². The van der Waals surface area contributed by atoms with E-state index < -0.39 is 0 Å². The third-order valence-electron chi connectivity index (χ3n) is 2.22. The van der Waals surface area contributed by atoms with Crippen LogP contribution >= 0.6 is 0 Å². The van der Waals surface area contributed by atoms with Gasteiger partial charge >= 0.3 is 5.97 Å². The Kier molecular flexibility index (Phi) is 2.23. The van der Waals surface area contributed by atoms with E-state index in [4.69, 9.17) is 0 Å². The lowest BCUT2D eigenvalue weighted by Crippen LogP contribution is -2.26. The zero-order valence-electron chi connectivity index (χ0n) is 7.93. The van der Waals surface area contributed by atoms with Gasteiger partial charge in [0, 0.05) is 11.9 Å². The van der Waals surface area contributed by atoms with Gasteiger partial charge in [0.15, 0.2) is 0 Å². The molecule has 0 spiro atoms. The first-order valence-electron chi connectivity index (χ1n) is 4.42. The fourth-order valence-electron chi connectivity index (χ4n) is 1.47. The van der Waals surface area contributed by atoms with Crippen LogP contribution in [0.1, 0.15) is 0 Å². The predicted molar refractivity (Wildman–Crippen MR) is 53.2 cm³/mol. The van der Waals surface area contributed by atoms with E-state index in [1.807, 2.05) is 35.4 Å². The number of fused-ring (bicyclic) bond motifs is 1. The third-order valence-corrected chi connectivity index (χ3v) is 2.22. The number of rotatable bonds is 1. The summed E-state index contributed by atoms with van der Waals surface area (Å²) in [6, 6.07) is 0. The van der Waals surface area contributed by atoms with Crippen LogP contribution in [0.4, 0.5) is 0 Å². The van der Waals surface area contributed by atoms with Gasteiger partial charge in [-0.25, -0.2) is 4.79 Å². The van der Waals surface area contributed by atoms with Crippen molar-refractivity contribution in [1.82, 2.24) is 4.90 Å². The Bertz CT molecular complexity index is 375. The number of carbonyl (C=O) groups is 1. The van der Waals surface area contributed by atoms with Crippen LogP contribution in [0.2, 0.25) is 0 Å². The van der Waals surface area contributed by atoms with Gasteiger partial charge in [0.25, 0.3) is 0 Å². The molecule has 0 fully saturated rings. The Hall–Kier alpha value is -1.77. The highest BCUT2D eigenvalue weighted by atomic mass is 16.5. The van der Waals surface area contributed by atoms with E-state index in [2.05, 4.69) is 4.74 Å². The summed E-state index contributed by atoms with van der Waals surface area (Å²) in [5.74, 6) is -0.261. The molecule has 0 saturated heterocycles. The van der Waals surface area contributed by atoms with Crippen molar-refractivity contribution in [3.05, 3.63) is 47.9 Å². The second kappa shape index (κ2) is 3.54. The molecule has 0 aromatic heterocycles. The number of nitrogens with zero attached hydrogens (tertiary/aromatic N) is 1. The van der Waals surface area contributed by atoms with Gasteiger partial charge in [0.1, 0.15) is 0 Å². The molecule has 0 aliphatic carbocycles. The molecule has 2 aliphatic rings. The van der Waals surface area contributed by atoms with E-state index in [1.165, 1.54) is 7.11 Å². The summed E-state index contributed by atoms with van der Waals surface area (Å²) in [6.07, 6.45) is 11.6. The van der Waals surface area contributed by atoms with Gasteiger partial charge in [-0.05, 0) is 24.3 Å². The molecule has 0 aromatic carbocycles. The Morgan fingerprint density at radius 1 is 1.43 bits per heavy atom. The Morgan fingerprint density at radius 2 is 2.29 bits per heavy atom. The summed E-state index contributed by atoms with van der Waals surface area (Å²) in [6.45, 7) is 0.583. The number of hydrogen-bond acceptors (Lipinski definition) is 3. The van der Waals surface area contributed by atoms with Crippen LogP contribution in [0.5, 0.6) is 0 Å². The number of esters is 1. The highest BCUT2D eigenvalue weighted by Crippen LogP contribution is 2.19. The predicted octanol–water partition coefficient (Wildman–Crippen LogP) is 1.37. The number of ether oxygens (including phenoxy) is 1. The molecule has 0 atom stereocenters. The lowest BCUT2D eigenvalue weighted by atomic mass is 10.1. The number of carbonyl (C=O) groups excluding carboxylic acids is 1. The highest BCUT2D eigenvalue weighted by molar-refractivity contribution is 5.89. The van der Waals surface area contributed by atoms with Crippen LogP contribution in [0.15, 0.2) is 47.9 Å². The van der Waals surface area contributed by atoms with E-state index in [1.54, 1.807) is 6.08 Å². The summed E-state index contributed by atoms with van der Waals surface area (Å²) in [7, 11) is 1.40. The first kappa shape index (κ1) is 8.81. The van der Waals surface area contributed by atoms with E-state index in [0.29, 0.717) is 12.1 Å². The lowest BCUT2D eigenvalue weighted by Gasteiger charge is -2.26. The molecule has 0 saturated carbocycles. The SMILES string of the molecule is COC(=O)C1=CC=C2C=CC=CN2C1. The number of allylic oxidation sites excluding steroid dienone is 5. The molecule has 0 radical (unpaired) electrons. The fraction of sp³-hybridized carbons (Fsp3) is 0.182. The molecule has 0 amide bonds. The summed E-state index contributed by atoms with van der Waals surface area (Å²) < 4.78 is 4.66. The molecule has 3 heteroatoms. The molecule has 2 rings (SSSR count). The van der Waals surface area contributed by atoms with Crippen LogP contribution in [0.25, 0.3) is 0 Å². The summed E-state index contributed by atoms with van der Waals surface area (Å²) in [4.78, 5) is 13.3. The topological polar surface area (TPSA) is 29.5 Å². The van der Waals surface area contributed by atoms with E-state index in [0.717, 1.165) is 5.70 Å². The van der Waals surface area contributed by atoms with Gasteiger partial charge in [0.05, 0.1) is 19.2 Å². The first-order chi connectivity index (χ1) is 6.81. The summed E-state index contributed by atoms with van der Waals surface area (Å²) in [5.41, 5.74) is 1.77. The molecule has 3 nitrogen and oxygen atoms in total. The maximum absolute atomic E-state index is 11.3. The maximum atomic E-state index is 11.3. The highest BCUT2D eigenvalue weighted by Gasteiger charge is 2.18. The van der Waals surface area contributed by atoms with E-state index in [9.17, 15) is 4.79 Å². The lowest BCUT2D eigenvalue weighted by molar-refractivity contribution is -0.136. The summed E-state index contributed by atoms with van der Waals surface area (Å²) in [5, 5.41) is 0. The van der Waals surface area contributed by atoms with Crippen molar-refractivity contribution in [3.8, 4) is 0 Å². The first-order valence-corrected chi connectivity index (χ1v) is 4.42. The van der Waals surface area contributed by atoms with Crippen LogP contribution in [0.3, 0.4) is 0 Å². The number of hydrogen-bond donors (Lipinski definition) is 0. The molecular formula is C11H11NO2. The van der Waals surface area contributed by atoms with Crippen molar-refractivity contribution >= 4 is 5.97 Å². The Balaban J connectivity index is 2.23. The largest absolute Gasteiger partial charge is 0.466 e. The van der Waals surface area contributed by atoms with Gasteiger partial charge in [-0.15, -0.1) is 0 Å². The van der Waals surface area contributed by atoms with Crippen molar-refractivity contribution < 1.29 is 9.53 Å². The number of methoxy groups -OCH3 is 1. The van der Waals surface area contributed by atoms with Gasteiger partial charge in [-0.2, -0.15) is 0 Å². The van der Waals surface area contributed by atoms with E-state index >= 15 is 0 Å². The van der Waals surface area contributed by atoms with Crippen molar-refractivity contribution in [3.63, 3.8) is 0 Å².